The second-order valence-electron chi connectivity index (χ2n) is 6.35. The quantitative estimate of drug-likeness (QED) is 0.682. The summed E-state index contributed by atoms with van der Waals surface area (Å²) in [6, 6.07) is 16.9. The summed E-state index contributed by atoms with van der Waals surface area (Å²) >= 11 is 0. The molecular weight excluding hydrogens is 356 g/mol. The van der Waals surface area contributed by atoms with Gasteiger partial charge < -0.3 is 20.3 Å². The summed E-state index contributed by atoms with van der Waals surface area (Å²) in [5.41, 5.74) is 1.29. The highest BCUT2D eigenvalue weighted by Gasteiger charge is 2.30. The van der Waals surface area contributed by atoms with Crippen molar-refractivity contribution < 1.29 is 9.53 Å². The van der Waals surface area contributed by atoms with Crippen LogP contribution < -0.4 is 20.3 Å². The fraction of sp³-hybridized carbons (Fsp3) is 0.200. The zero-order valence-electron chi connectivity index (χ0n) is 15.4. The number of carbonyl (C=O) groups excluding carboxylic acids is 1. The minimum atomic E-state index is -0.148. The lowest BCUT2D eigenvalue weighted by atomic mass is 10.2. The van der Waals surface area contributed by atoms with Gasteiger partial charge in [0.1, 0.15) is 18.2 Å². The van der Waals surface area contributed by atoms with Crippen molar-refractivity contribution in [2.45, 2.75) is 6.10 Å². The molecule has 0 aliphatic carbocycles. The van der Waals surface area contributed by atoms with Gasteiger partial charge in [-0.15, -0.1) is 0 Å². The van der Waals surface area contributed by atoms with Crippen LogP contribution in [0.1, 0.15) is 10.4 Å². The summed E-state index contributed by atoms with van der Waals surface area (Å²) in [5, 5.41) is 5.72. The Kier molecular flexibility index (Phi) is 5.01. The normalized spacial score (nSPS) is 13.5. The predicted octanol–water partition coefficient (Wildman–Crippen LogP) is 2.24. The number of amides is 1. The van der Waals surface area contributed by atoms with Crippen molar-refractivity contribution in [2.24, 2.45) is 0 Å². The molecule has 1 aliphatic rings. The van der Waals surface area contributed by atoms with Crippen LogP contribution in [0.5, 0.6) is 5.75 Å². The molecule has 0 spiro atoms. The van der Waals surface area contributed by atoms with E-state index in [0.29, 0.717) is 30.5 Å². The molecule has 2 aromatic carbocycles. The van der Waals surface area contributed by atoms with E-state index in [1.165, 1.54) is 6.33 Å². The Morgan fingerprint density at radius 2 is 1.93 bits per heavy atom. The topological polar surface area (TPSA) is 92.3 Å². The van der Waals surface area contributed by atoms with E-state index >= 15 is 0 Å². The average molecular weight is 376 g/mol. The van der Waals surface area contributed by atoms with Crippen LogP contribution >= 0.6 is 0 Å². The first-order valence-corrected chi connectivity index (χ1v) is 8.96. The van der Waals surface area contributed by atoms with Crippen LogP contribution in [0.15, 0.2) is 60.9 Å². The highest BCUT2D eigenvalue weighted by Crippen LogP contribution is 2.22. The van der Waals surface area contributed by atoms with E-state index in [1.807, 2.05) is 41.3 Å². The van der Waals surface area contributed by atoms with E-state index in [0.717, 1.165) is 11.4 Å². The molecule has 1 aliphatic heterocycles. The standard InChI is InChI=1S/C20H20N6O2/c1-21-18(27)14-6-5-7-15(10-14)24-19-22-13-23-20(25-19)26-11-17(12-26)28-16-8-3-2-4-9-16/h2-10,13,17H,11-12H2,1H3,(H,21,27)(H,22,23,24,25). The number of benzene rings is 2. The van der Waals surface area contributed by atoms with Gasteiger partial charge in [-0.3, -0.25) is 4.79 Å². The van der Waals surface area contributed by atoms with Crippen molar-refractivity contribution >= 4 is 23.5 Å². The summed E-state index contributed by atoms with van der Waals surface area (Å²) < 4.78 is 5.91. The monoisotopic (exact) mass is 376 g/mol. The molecule has 1 aromatic heterocycles. The third-order valence-electron chi connectivity index (χ3n) is 4.34. The number of ether oxygens (including phenoxy) is 1. The highest BCUT2D eigenvalue weighted by molar-refractivity contribution is 5.95. The number of hydrogen-bond acceptors (Lipinski definition) is 7. The van der Waals surface area contributed by atoms with E-state index in [-0.39, 0.29) is 12.0 Å². The molecule has 8 heteroatoms. The van der Waals surface area contributed by atoms with Crippen LogP contribution in [0.4, 0.5) is 17.6 Å². The van der Waals surface area contributed by atoms with Crippen LogP contribution in [0.2, 0.25) is 0 Å². The maximum absolute atomic E-state index is 11.8. The van der Waals surface area contributed by atoms with Gasteiger partial charge in [-0.2, -0.15) is 4.98 Å². The molecular formula is C20H20N6O2. The summed E-state index contributed by atoms with van der Waals surface area (Å²) in [7, 11) is 1.60. The third kappa shape index (κ3) is 4.01. The highest BCUT2D eigenvalue weighted by atomic mass is 16.5. The maximum Gasteiger partial charge on any atom is 0.251 e. The van der Waals surface area contributed by atoms with Crippen molar-refractivity contribution in [3.63, 3.8) is 0 Å². The summed E-state index contributed by atoms with van der Waals surface area (Å²) in [4.78, 5) is 26.7. The Morgan fingerprint density at radius 1 is 1.11 bits per heavy atom. The Morgan fingerprint density at radius 3 is 2.71 bits per heavy atom. The number of aromatic nitrogens is 3. The van der Waals surface area contributed by atoms with E-state index in [9.17, 15) is 4.79 Å². The van der Waals surface area contributed by atoms with Gasteiger partial charge in [-0.05, 0) is 30.3 Å². The molecule has 142 valence electrons. The van der Waals surface area contributed by atoms with E-state index in [4.69, 9.17) is 4.74 Å². The number of hydrogen-bond donors (Lipinski definition) is 2. The molecule has 0 atom stereocenters. The maximum atomic E-state index is 11.8. The first-order chi connectivity index (χ1) is 13.7. The van der Waals surface area contributed by atoms with E-state index in [2.05, 4.69) is 25.6 Å². The Labute approximate surface area is 162 Å². The third-order valence-corrected chi connectivity index (χ3v) is 4.34. The smallest absolute Gasteiger partial charge is 0.251 e. The molecule has 1 amide bonds. The van der Waals surface area contributed by atoms with Crippen molar-refractivity contribution in [1.29, 1.82) is 0 Å². The minimum absolute atomic E-state index is 0.111. The molecule has 0 saturated carbocycles. The molecule has 1 fully saturated rings. The number of anilines is 3. The molecule has 4 rings (SSSR count). The molecule has 2 N–H and O–H groups in total. The summed E-state index contributed by atoms with van der Waals surface area (Å²) in [6.07, 6.45) is 1.58. The van der Waals surface area contributed by atoms with Crippen molar-refractivity contribution in [3.8, 4) is 5.75 Å². The lowest BCUT2D eigenvalue weighted by Crippen LogP contribution is -2.54. The molecule has 1 saturated heterocycles. The molecule has 28 heavy (non-hydrogen) atoms. The summed E-state index contributed by atoms with van der Waals surface area (Å²) in [5.74, 6) is 1.73. The van der Waals surface area contributed by atoms with Gasteiger partial charge in [0.15, 0.2) is 0 Å². The fourth-order valence-electron chi connectivity index (χ4n) is 2.88. The summed E-state index contributed by atoms with van der Waals surface area (Å²) in [6.45, 7) is 1.43. The second-order valence-corrected chi connectivity index (χ2v) is 6.35. The van der Waals surface area contributed by atoms with Gasteiger partial charge in [0, 0.05) is 18.3 Å². The van der Waals surface area contributed by atoms with Gasteiger partial charge in [0.25, 0.3) is 5.91 Å². The number of rotatable bonds is 6. The van der Waals surface area contributed by atoms with E-state index in [1.54, 1.807) is 25.2 Å². The minimum Gasteiger partial charge on any atom is -0.487 e. The Hall–Kier alpha value is -3.68. The number of carbonyl (C=O) groups is 1. The predicted molar refractivity (Wildman–Crippen MR) is 106 cm³/mol. The molecule has 3 aromatic rings. The fourth-order valence-corrected chi connectivity index (χ4v) is 2.88. The van der Waals surface area contributed by atoms with Gasteiger partial charge in [0.05, 0.1) is 13.1 Å². The van der Waals surface area contributed by atoms with Crippen LogP contribution in [-0.2, 0) is 0 Å². The number of para-hydroxylation sites is 1. The Bertz CT molecular complexity index is 960. The van der Waals surface area contributed by atoms with Gasteiger partial charge in [-0.1, -0.05) is 24.3 Å². The second kappa shape index (κ2) is 7.91. The molecule has 0 bridgehead atoms. The first-order valence-electron chi connectivity index (χ1n) is 8.96. The zero-order chi connectivity index (χ0) is 19.3. The lowest BCUT2D eigenvalue weighted by Gasteiger charge is -2.38. The van der Waals surface area contributed by atoms with Gasteiger partial charge >= 0.3 is 0 Å². The molecule has 0 radical (unpaired) electrons. The average Bonchev–Trinajstić information content (AvgIpc) is 2.71. The molecule has 8 nitrogen and oxygen atoms in total. The first kappa shape index (κ1) is 17.7. The van der Waals surface area contributed by atoms with Crippen LogP contribution in [0, 0.1) is 0 Å². The van der Waals surface area contributed by atoms with Crippen LogP contribution in [0.3, 0.4) is 0 Å². The van der Waals surface area contributed by atoms with Gasteiger partial charge in [-0.25, -0.2) is 9.97 Å². The van der Waals surface area contributed by atoms with Crippen LogP contribution in [-0.4, -0.2) is 47.1 Å². The zero-order valence-corrected chi connectivity index (χ0v) is 15.4. The molecule has 2 heterocycles. The van der Waals surface area contributed by atoms with Crippen molar-refractivity contribution in [3.05, 3.63) is 66.5 Å². The van der Waals surface area contributed by atoms with Gasteiger partial charge in [0.2, 0.25) is 11.9 Å². The largest absolute Gasteiger partial charge is 0.487 e. The lowest BCUT2D eigenvalue weighted by molar-refractivity contribution is 0.0963. The SMILES string of the molecule is CNC(=O)c1cccc(Nc2ncnc(N3CC(Oc4ccccc4)C3)n2)c1. The number of nitrogens with zero attached hydrogens (tertiary/aromatic N) is 4. The number of nitrogens with one attached hydrogen (secondary N) is 2. The van der Waals surface area contributed by atoms with Crippen LogP contribution in [0.25, 0.3) is 0 Å². The molecule has 0 unspecified atom stereocenters. The van der Waals surface area contributed by atoms with E-state index < -0.39 is 0 Å². The van der Waals surface area contributed by atoms with Crippen molar-refractivity contribution in [2.75, 3.05) is 30.4 Å². The van der Waals surface area contributed by atoms with Crippen molar-refractivity contribution in [1.82, 2.24) is 20.3 Å². The Balaban J connectivity index is 1.38.